The minimum Gasteiger partial charge on any atom is -0.378 e. The molecule has 1 fully saturated rings. The molecule has 2 nitrogen and oxygen atoms in total. The number of nitrogens with one attached hydrogen (secondary N) is 1. The molecule has 94 valence electrons. The number of ether oxygens (including phenoxy) is 1. The van der Waals surface area contributed by atoms with Crippen LogP contribution in [0.1, 0.15) is 25.8 Å². The van der Waals surface area contributed by atoms with Gasteiger partial charge in [-0.25, -0.2) is 0 Å². The van der Waals surface area contributed by atoms with Crippen LogP contribution in [0.2, 0.25) is 5.02 Å². The number of rotatable bonds is 3. The van der Waals surface area contributed by atoms with E-state index in [0.29, 0.717) is 6.04 Å². The maximum Gasteiger partial charge on any atom is 0.0643 e. The van der Waals surface area contributed by atoms with Crippen LogP contribution in [0.3, 0.4) is 0 Å². The fraction of sp³-hybridized carbons (Fsp3) is 0.571. The van der Waals surface area contributed by atoms with Crippen LogP contribution in [0, 0.1) is 0 Å². The Morgan fingerprint density at radius 3 is 2.88 bits per heavy atom. The summed E-state index contributed by atoms with van der Waals surface area (Å²) in [6, 6.07) is 8.48. The van der Waals surface area contributed by atoms with Crippen LogP contribution in [0.25, 0.3) is 0 Å². The topological polar surface area (TPSA) is 21.3 Å². The van der Waals surface area contributed by atoms with Gasteiger partial charge >= 0.3 is 0 Å². The van der Waals surface area contributed by atoms with Crippen LogP contribution in [0.5, 0.6) is 0 Å². The Morgan fingerprint density at radius 2 is 2.18 bits per heavy atom. The molecule has 3 heteroatoms. The average Bonchev–Trinajstić information content (AvgIpc) is 2.27. The van der Waals surface area contributed by atoms with Crippen molar-refractivity contribution in [1.29, 1.82) is 0 Å². The van der Waals surface area contributed by atoms with E-state index in [1.807, 2.05) is 18.2 Å². The molecule has 17 heavy (non-hydrogen) atoms. The lowest BCUT2D eigenvalue weighted by atomic mass is 9.99. The number of benzene rings is 1. The van der Waals surface area contributed by atoms with E-state index >= 15 is 0 Å². The van der Waals surface area contributed by atoms with Gasteiger partial charge in [-0.1, -0.05) is 29.8 Å². The molecule has 1 aromatic carbocycles. The Labute approximate surface area is 108 Å². The summed E-state index contributed by atoms with van der Waals surface area (Å²) in [5, 5.41) is 4.48. The number of hydrogen-bond donors (Lipinski definition) is 1. The predicted molar refractivity (Wildman–Crippen MR) is 71.6 cm³/mol. The van der Waals surface area contributed by atoms with Gasteiger partial charge in [-0.15, -0.1) is 0 Å². The summed E-state index contributed by atoms with van der Waals surface area (Å²) in [5.74, 6) is 0. The lowest BCUT2D eigenvalue weighted by molar-refractivity contribution is 0.0113. The van der Waals surface area contributed by atoms with Crippen molar-refractivity contribution in [3.05, 3.63) is 34.9 Å². The second-order valence-corrected chi connectivity index (χ2v) is 5.78. The van der Waals surface area contributed by atoms with Crippen molar-refractivity contribution in [3.8, 4) is 0 Å². The summed E-state index contributed by atoms with van der Waals surface area (Å²) in [4.78, 5) is 0. The van der Waals surface area contributed by atoms with Gasteiger partial charge in [0.05, 0.1) is 13.2 Å². The third-order valence-electron chi connectivity index (χ3n) is 3.10. The standard InChI is InChI=1S/C14H20ClNO/c1-14(2)10-17-9-12(16-14)8-7-11-5-3-4-6-13(11)15/h3-6,12,16H,7-10H2,1-2H3. The first-order valence-corrected chi connectivity index (χ1v) is 6.53. The Morgan fingerprint density at radius 1 is 1.41 bits per heavy atom. The van der Waals surface area contributed by atoms with E-state index < -0.39 is 0 Å². The van der Waals surface area contributed by atoms with Gasteiger partial charge in [-0.2, -0.15) is 0 Å². The zero-order valence-electron chi connectivity index (χ0n) is 10.5. The second kappa shape index (κ2) is 5.38. The van der Waals surface area contributed by atoms with Gasteiger partial charge in [0.15, 0.2) is 0 Å². The molecule has 1 N–H and O–H groups in total. The van der Waals surface area contributed by atoms with Crippen LogP contribution >= 0.6 is 11.6 Å². The Bertz CT molecular complexity index is 378. The highest BCUT2D eigenvalue weighted by molar-refractivity contribution is 6.31. The van der Waals surface area contributed by atoms with Crippen molar-refractivity contribution in [2.75, 3.05) is 13.2 Å². The fourth-order valence-corrected chi connectivity index (χ4v) is 2.51. The Hall–Kier alpha value is -0.570. The molecule has 0 radical (unpaired) electrons. The third-order valence-corrected chi connectivity index (χ3v) is 3.47. The van der Waals surface area contributed by atoms with E-state index in [9.17, 15) is 0 Å². The summed E-state index contributed by atoms with van der Waals surface area (Å²) in [6.45, 7) is 5.94. The molecule has 1 atom stereocenters. The predicted octanol–water partition coefficient (Wildman–Crippen LogP) is 3.04. The Kier molecular flexibility index (Phi) is 4.08. The van der Waals surface area contributed by atoms with Gasteiger partial charge in [0.25, 0.3) is 0 Å². The molecule has 0 saturated carbocycles. The van der Waals surface area contributed by atoms with Crippen molar-refractivity contribution in [2.24, 2.45) is 0 Å². The first kappa shape index (κ1) is 12.9. The van der Waals surface area contributed by atoms with Crippen LogP contribution in [-0.4, -0.2) is 24.8 Å². The maximum atomic E-state index is 6.15. The van der Waals surface area contributed by atoms with Crippen molar-refractivity contribution in [2.45, 2.75) is 38.3 Å². The monoisotopic (exact) mass is 253 g/mol. The van der Waals surface area contributed by atoms with Gasteiger partial charge in [0.2, 0.25) is 0 Å². The summed E-state index contributed by atoms with van der Waals surface area (Å²) in [6.07, 6.45) is 2.06. The van der Waals surface area contributed by atoms with Gasteiger partial charge in [0.1, 0.15) is 0 Å². The largest absolute Gasteiger partial charge is 0.378 e. The van der Waals surface area contributed by atoms with E-state index in [4.69, 9.17) is 16.3 Å². The van der Waals surface area contributed by atoms with Crippen LogP contribution in [-0.2, 0) is 11.2 Å². The molecule has 0 spiro atoms. The number of hydrogen-bond acceptors (Lipinski definition) is 2. The van der Waals surface area contributed by atoms with Gasteiger partial charge < -0.3 is 10.1 Å². The first-order valence-electron chi connectivity index (χ1n) is 6.16. The molecular formula is C14H20ClNO. The molecule has 0 aliphatic carbocycles. The van der Waals surface area contributed by atoms with Crippen molar-refractivity contribution >= 4 is 11.6 Å². The highest BCUT2D eigenvalue weighted by Gasteiger charge is 2.27. The van der Waals surface area contributed by atoms with E-state index in [1.165, 1.54) is 5.56 Å². The molecular weight excluding hydrogens is 234 g/mol. The molecule has 1 aliphatic rings. The van der Waals surface area contributed by atoms with Crippen LogP contribution in [0.15, 0.2) is 24.3 Å². The summed E-state index contributed by atoms with van der Waals surface area (Å²) >= 11 is 6.15. The molecule has 2 rings (SSSR count). The maximum absolute atomic E-state index is 6.15. The molecule has 0 amide bonds. The van der Waals surface area contributed by atoms with E-state index in [2.05, 4.69) is 25.2 Å². The summed E-state index contributed by atoms with van der Waals surface area (Å²) in [5.41, 5.74) is 1.31. The quantitative estimate of drug-likeness (QED) is 0.894. The van der Waals surface area contributed by atoms with E-state index in [-0.39, 0.29) is 5.54 Å². The Balaban J connectivity index is 1.88. The smallest absolute Gasteiger partial charge is 0.0643 e. The minimum absolute atomic E-state index is 0.0867. The van der Waals surface area contributed by atoms with Crippen LogP contribution in [0.4, 0.5) is 0 Å². The molecule has 0 bridgehead atoms. The molecule has 1 unspecified atom stereocenters. The van der Waals surface area contributed by atoms with Crippen molar-refractivity contribution in [1.82, 2.24) is 5.32 Å². The van der Waals surface area contributed by atoms with E-state index in [0.717, 1.165) is 31.1 Å². The van der Waals surface area contributed by atoms with Gasteiger partial charge in [0, 0.05) is 16.6 Å². The zero-order valence-corrected chi connectivity index (χ0v) is 11.3. The summed E-state index contributed by atoms with van der Waals surface area (Å²) in [7, 11) is 0. The molecule has 0 aromatic heterocycles. The van der Waals surface area contributed by atoms with Crippen molar-refractivity contribution in [3.63, 3.8) is 0 Å². The molecule has 1 heterocycles. The third kappa shape index (κ3) is 3.70. The van der Waals surface area contributed by atoms with Crippen LogP contribution < -0.4 is 5.32 Å². The zero-order chi connectivity index (χ0) is 12.3. The SMILES string of the molecule is CC1(C)COCC(CCc2ccccc2Cl)N1. The average molecular weight is 254 g/mol. The molecule has 1 aromatic rings. The number of aryl methyl sites for hydroxylation is 1. The van der Waals surface area contributed by atoms with Crippen molar-refractivity contribution < 1.29 is 4.74 Å². The first-order chi connectivity index (χ1) is 8.07. The summed E-state index contributed by atoms with van der Waals surface area (Å²) < 4.78 is 5.62. The lowest BCUT2D eigenvalue weighted by Crippen LogP contribution is -2.55. The highest BCUT2D eigenvalue weighted by Crippen LogP contribution is 2.19. The second-order valence-electron chi connectivity index (χ2n) is 5.37. The highest BCUT2D eigenvalue weighted by atomic mass is 35.5. The van der Waals surface area contributed by atoms with Gasteiger partial charge in [-0.3, -0.25) is 0 Å². The van der Waals surface area contributed by atoms with Gasteiger partial charge in [-0.05, 0) is 38.3 Å². The van der Waals surface area contributed by atoms with E-state index in [1.54, 1.807) is 0 Å². The minimum atomic E-state index is 0.0867. The lowest BCUT2D eigenvalue weighted by Gasteiger charge is -2.37. The number of halogens is 1. The fourth-order valence-electron chi connectivity index (χ4n) is 2.28. The molecule has 1 saturated heterocycles. The number of morpholine rings is 1. The molecule has 1 aliphatic heterocycles. The normalized spacial score (nSPS) is 23.6.